The quantitative estimate of drug-likeness (QED) is 0.705. The molecule has 0 saturated carbocycles. The van der Waals surface area contributed by atoms with Gasteiger partial charge in [0, 0.05) is 18.0 Å². The van der Waals surface area contributed by atoms with E-state index in [0.717, 1.165) is 11.1 Å². The van der Waals surface area contributed by atoms with E-state index in [2.05, 4.69) is 9.97 Å². The van der Waals surface area contributed by atoms with Crippen molar-refractivity contribution >= 4 is 11.6 Å². The molecule has 1 aromatic heterocycles. The molecule has 98 valence electrons. The highest BCUT2D eigenvalue weighted by atomic mass is 35.5. The van der Waals surface area contributed by atoms with Crippen LogP contribution in [0, 0.1) is 0 Å². The SMILES string of the molecule is Clc1nccnc1Oc1ccccc1-c1ccccc1. The van der Waals surface area contributed by atoms with E-state index >= 15 is 0 Å². The first-order valence-electron chi connectivity index (χ1n) is 6.13. The lowest BCUT2D eigenvalue weighted by Crippen LogP contribution is -1.92. The summed E-state index contributed by atoms with van der Waals surface area (Å²) >= 11 is 5.97. The molecule has 0 bridgehead atoms. The molecule has 0 saturated heterocycles. The zero-order chi connectivity index (χ0) is 13.8. The molecule has 20 heavy (non-hydrogen) atoms. The third-order valence-corrected chi connectivity index (χ3v) is 3.06. The Bertz CT molecular complexity index is 716. The number of halogens is 1. The number of aromatic nitrogens is 2. The average Bonchev–Trinajstić information content (AvgIpc) is 2.51. The minimum absolute atomic E-state index is 0.246. The molecule has 0 radical (unpaired) electrons. The first-order valence-corrected chi connectivity index (χ1v) is 6.51. The van der Waals surface area contributed by atoms with Gasteiger partial charge in [0.1, 0.15) is 5.75 Å². The highest BCUT2D eigenvalue weighted by Crippen LogP contribution is 2.33. The molecule has 3 rings (SSSR count). The van der Waals surface area contributed by atoms with Crippen LogP contribution in [0.15, 0.2) is 67.0 Å². The average molecular weight is 283 g/mol. The van der Waals surface area contributed by atoms with Crippen LogP contribution in [0.25, 0.3) is 11.1 Å². The predicted molar refractivity (Wildman–Crippen MR) is 79.0 cm³/mol. The first-order chi connectivity index (χ1) is 9.84. The standard InChI is InChI=1S/C16H11ClN2O/c17-15-16(19-11-10-18-15)20-14-9-5-4-8-13(14)12-6-2-1-3-7-12/h1-11H. The van der Waals surface area contributed by atoms with Crippen LogP contribution in [-0.4, -0.2) is 9.97 Å². The van der Waals surface area contributed by atoms with Crippen LogP contribution in [0.5, 0.6) is 11.6 Å². The summed E-state index contributed by atoms with van der Waals surface area (Å²) < 4.78 is 5.79. The van der Waals surface area contributed by atoms with Gasteiger partial charge in [-0.1, -0.05) is 60.1 Å². The summed E-state index contributed by atoms with van der Waals surface area (Å²) in [6, 6.07) is 17.8. The third kappa shape index (κ3) is 2.63. The van der Waals surface area contributed by atoms with Gasteiger partial charge < -0.3 is 4.74 Å². The van der Waals surface area contributed by atoms with Crippen molar-refractivity contribution in [3.05, 3.63) is 72.1 Å². The maximum absolute atomic E-state index is 5.97. The van der Waals surface area contributed by atoms with Crippen molar-refractivity contribution in [2.45, 2.75) is 0 Å². The Kier molecular flexibility index (Phi) is 3.61. The lowest BCUT2D eigenvalue weighted by atomic mass is 10.1. The molecule has 4 heteroatoms. The van der Waals surface area contributed by atoms with Gasteiger partial charge in [-0.2, -0.15) is 0 Å². The fourth-order valence-electron chi connectivity index (χ4n) is 1.89. The Hall–Kier alpha value is -2.39. The highest BCUT2D eigenvalue weighted by Gasteiger charge is 2.09. The Balaban J connectivity index is 2.01. The van der Waals surface area contributed by atoms with E-state index in [1.165, 1.54) is 6.20 Å². The van der Waals surface area contributed by atoms with E-state index < -0.39 is 0 Å². The third-order valence-electron chi connectivity index (χ3n) is 2.80. The second kappa shape index (κ2) is 5.72. The van der Waals surface area contributed by atoms with Crippen LogP contribution < -0.4 is 4.74 Å². The van der Waals surface area contributed by atoms with Gasteiger partial charge in [0.15, 0.2) is 5.15 Å². The van der Waals surface area contributed by atoms with Gasteiger partial charge in [0.05, 0.1) is 0 Å². The molecule has 0 aliphatic rings. The van der Waals surface area contributed by atoms with Crippen molar-refractivity contribution in [2.24, 2.45) is 0 Å². The lowest BCUT2D eigenvalue weighted by molar-refractivity contribution is 0.462. The van der Waals surface area contributed by atoms with Crippen molar-refractivity contribution < 1.29 is 4.74 Å². The van der Waals surface area contributed by atoms with Gasteiger partial charge in [-0.05, 0) is 11.6 Å². The summed E-state index contributed by atoms with van der Waals surface area (Å²) in [5, 5.41) is 0.246. The second-order valence-corrected chi connectivity index (χ2v) is 4.47. The van der Waals surface area contributed by atoms with Crippen molar-refractivity contribution in [2.75, 3.05) is 0 Å². The molecular formula is C16H11ClN2O. The Morgan fingerprint density at radius 3 is 2.30 bits per heavy atom. The molecule has 0 atom stereocenters. The highest BCUT2D eigenvalue weighted by molar-refractivity contribution is 6.30. The molecule has 0 amide bonds. The number of para-hydroxylation sites is 1. The molecule has 0 N–H and O–H groups in total. The summed E-state index contributed by atoms with van der Waals surface area (Å²) in [6.45, 7) is 0. The molecular weight excluding hydrogens is 272 g/mol. The smallest absolute Gasteiger partial charge is 0.257 e. The molecule has 0 spiro atoms. The van der Waals surface area contributed by atoms with Gasteiger partial charge in [-0.15, -0.1) is 0 Å². The fraction of sp³-hybridized carbons (Fsp3) is 0. The van der Waals surface area contributed by atoms with E-state index in [9.17, 15) is 0 Å². The van der Waals surface area contributed by atoms with Gasteiger partial charge >= 0.3 is 0 Å². The van der Waals surface area contributed by atoms with Crippen molar-refractivity contribution in [1.82, 2.24) is 9.97 Å². The largest absolute Gasteiger partial charge is 0.436 e. The maximum Gasteiger partial charge on any atom is 0.257 e. The topological polar surface area (TPSA) is 35.0 Å². The maximum atomic E-state index is 5.97. The van der Waals surface area contributed by atoms with Crippen LogP contribution in [-0.2, 0) is 0 Å². The Labute approximate surface area is 121 Å². The second-order valence-electron chi connectivity index (χ2n) is 4.12. The van der Waals surface area contributed by atoms with Crippen LogP contribution >= 0.6 is 11.6 Å². The van der Waals surface area contributed by atoms with Gasteiger partial charge in [-0.3, -0.25) is 0 Å². The predicted octanol–water partition coefficient (Wildman–Crippen LogP) is 4.59. The Morgan fingerprint density at radius 2 is 1.50 bits per heavy atom. The zero-order valence-electron chi connectivity index (χ0n) is 10.5. The Morgan fingerprint density at radius 1 is 0.800 bits per heavy atom. The molecule has 0 unspecified atom stereocenters. The van der Waals surface area contributed by atoms with E-state index in [4.69, 9.17) is 16.3 Å². The van der Waals surface area contributed by atoms with Gasteiger partial charge in [-0.25, -0.2) is 9.97 Å². The summed E-state index contributed by atoms with van der Waals surface area (Å²) in [5.41, 5.74) is 2.05. The monoisotopic (exact) mass is 282 g/mol. The normalized spacial score (nSPS) is 10.2. The van der Waals surface area contributed by atoms with E-state index in [1.807, 2.05) is 54.6 Å². The van der Waals surface area contributed by atoms with Crippen LogP contribution in [0.2, 0.25) is 5.15 Å². The summed E-state index contributed by atoms with van der Waals surface area (Å²) in [7, 11) is 0. The molecule has 3 nitrogen and oxygen atoms in total. The summed E-state index contributed by atoms with van der Waals surface area (Å²) in [6.07, 6.45) is 3.07. The molecule has 0 aliphatic carbocycles. The lowest BCUT2D eigenvalue weighted by Gasteiger charge is -2.10. The number of ether oxygens (including phenoxy) is 1. The first kappa shape index (κ1) is 12.6. The van der Waals surface area contributed by atoms with Crippen LogP contribution in [0.1, 0.15) is 0 Å². The van der Waals surface area contributed by atoms with E-state index in [1.54, 1.807) is 6.20 Å². The summed E-state index contributed by atoms with van der Waals surface area (Å²) in [5.74, 6) is 0.999. The van der Waals surface area contributed by atoms with Crippen LogP contribution in [0.3, 0.4) is 0 Å². The van der Waals surface area contributed by atoms with Gasteiger partial charge in [0.25, 0.3) is 5.88 Å². The molecule has 0 aliphatic heterocycles. The summed E-state index contributed by atoms with van der Waals surface area (Å²) in [4.78, 5) is 8.05. The molecule has 3 aromatic rings. The number of rotatable bonds is 3. The van der Waals surface area contributed by atoms with Crippen molar-refractivity contribution in [1.29, 1.82) is 0 Å². The van der Waals surface area contributed by atoms with Crippen molar-refractivity contribution in [3.8, 4) is 22.8 Å². The number of benzene rings is 2. The zero-order valence-corrected chi connectivity index (χ0v) is 11.3. The van der Waals surface area contributed by atoms with E-state index in [-0.39, 0.29) is 5.15 Å². The van der Waals surface area contributed by atoms with Crippen LogP contribution in [0.4, 0.5) is 0 Å². The van der Waals surface area contributed by atoms with Gasteiger partial charge in [0.2, 0.25) is 0 Å². The fourth-order valence-corrected chi connectivity index (χ4v) is 2.04. The minimum Gasteiger partial charge on any atom is -0.436 e. The molecule has 0 fully saturated rings. The number of nitrogens with zero attached hydrogens (tertiary/aromatic N) is 2. The van der Waals surface area contributed by atoms with E-state index in [0.29, 0.717) is 11.6 Å². The molecule has 2 aromatic carbocycles. The number of hydrogen-bond donors (Lipinski definition) is 0. The number of hydrogen-bond acceptors (Lipinski definition) is 3. The minimum atomic E-state index is 0.246. The molecule has 1 heterocycles. The van der Waals surface area contributed by atoms with Crippen molar-refractivity contribution in [3.63, 3.8) is 0 Å².